The van der Waals surface area contributed by atoms with E-state index in [1.165, 1.54) is 0 Å². The molecule has 0 saturated heterocycles. The van der Waals surface area contributed by atoms with Gasteiger partial charge < -0.3 is 0 Å². The van der Waals surface area contributed by atoms with Crippen LogP contribution in [0.4, 0.5) is 26.3 Å². The Kier molecular flexibility index (Phi) is 2.64. The number of hydrogen-bond acceptors (Lipinski definition) is 0. The molecule has 0 amide bonds. The summed E-state index contributed by atoms with van der Waals surface area (Å²) in [6.07, 6.45) is 0. The molecule has 3 aromatic carbocycles. The molecule has 0 aromatic heterocycles. The molecule has 0 fully saturated rings. The minimum Gasteiger partial charge on any atom is -0.204 e. The molecule has 3 rings (SSSR count). The van der Waals surface area contributed by atoms with Crippen LogP contribution in [0.2, 0.25) is 0 Å². The van der Waals surface area contributed by atoms with E-state index >= 15 is 0 Å². The molecule has 6 heteroatoms. The van der Waals surface area contributed by atoms with Crippen molar-refractivity contribution < 1.29 is 26.3 Å². The van der Waals surface area contributed by atoms with Gasteiger partial charge in [0.25, 0.3) is 0 Å². The SMILES string of the molecule is Fc1ccc2cc3c(F)c(F)c(F)c(F)c3cc2c1F. The lowest BCUT2D eigenvalue weighted by atomic mass is 10.0. The van der Waals surface area contributed by atoms with Crippen LogP contribution < -0.4 is 0 Å². The highest BCUT2D eigenvalue weighted by Crippen LogP contribution is 2.32. The smallest absolute Gasteiger partial charge is 0.198 e. The van der Waals surface area contributed by atoms with Crippen molar-refractivity contribution in [3.8, 4) is 0 Å². The third-order valence-corrected chi connectivity index (χ3v) is 3.10. The molecule has 0 nitrogen and oxygen atoms in total. The molecule has 0 spiro atoms. The fourth-order valence-electron chi connectivity index (χ4n) is 2.10. The van der Waals surface area contributed by atoms with Gasteiger partial charge in [-0.25, -0.2) is 26.3 Å². The van der Waals surface area contributed by atoms with E-state index < -0.39 is 45.7 Å². The van der Waals surface area contributed by atoms with E-state index in [9.17, 15) is 26.3 Å². The second kappa shape index (κ2) is 4.13. The Balaban J connectivity index is 2.58. The lowest BCUT2D eigenvalue weighted by Crippen LogP contribution is -1.98. The van der Waals surface area contributed by atoms with E-state index in [1.807, 2.05) is 0 Å². The van der Waals surface area contributed by atoms with Crippen LogP contribution in [-0.2, 0) is 0 Å². The molecule has 20 heavy (non-hydrogen) atoms. The maximum atomic E-state index is 13.6. The van der Waals surface area contributed by atoms with Gasteiger partial charge in [0.2, 0.25) is 0 Å². The lowest BCUT2D eigenvalue weighted by Gasteiger charge is -2.07. The molecule has 0 aliphatic heterocycles. The van der Waals surface area contributed by atoms with Crippen molar-refractivity contribution >= 4 is 21.5 Å². The fourth-order valence-corrected chi connectivity index (χ4v) is 2.10. The number of halogens is 6. The zero-order valence-electron chi connectivity index (χ0n) is 9.58. The summed E-state index contributed by atoms with van der Waals surface area (Å²) in [6, 6.07) is 3.63. The lowest BCUT2D eigenvalue weighted by molar-refractivity contribution is 0.418. The normalized spacial score (nSPS) is 11.5. The van der Waals surface area contributed by atoms with Gasteiger partial charge in [-0.05, 0) is 23.6 Å². The monoisotopic (exact) mass is 286 g/mol. The first-order valence-corrected chi connectivity index (χ1v) is 5.45. The Bertz CT molecular complexity index is 869. The van der Waals surface area contributed by atoms with Gasteiger partial charge in [0.05, 0.1) is 0 Å². The summed E-state index contributed by atoms with van der Waals surface area (Å²) in [5.41, 5.74) is 0. The predicted molar refractivity (Wildman–Crippen MR) is 61.2 cm³/mol. The second-order valence-electron chi connectivity index (χ2n) is 4.24. The summed E-state index contributed by atoms with van der Waals surface area (Å²) in [5.74, 6) is -9.62. The van der Waals surface area contributed by atoms with Gasteiger partial charge in [0.15, 0.2) is 34.9 Å². The minimum atomic E-state index is -1.99. The van der Waals surface area contributed by atoms with E-state index in [1.54, 1.807) is 0 Å². The molecule has 0 heterocycles. The molecule has 0 aliphatic carbocycles. The van der Waals surface area contributed by atoms with Crippen LogP contribution in [0.1, 0.15) is 0 Å². The summed E-state index contributed by atoms with van der Waals surface area (Å²) in [7, 11) is 0. The highest BCUT2D eigenvalue weighted by atomic mass is 19.2. The summed E-state index contributed by atoms with van der Waals surface area (Å²) in [5, 5.41) is -1.50. The fraction of sp³-hybridized carbons (Fsp3) is 0. The van der Waals surface area contributed by atoms with E-state index in [0.717, 1.165) is 24.3 Å². The van der Waals surface area contributed by atoms with Crippen LogP contribution in [-0.4, -0.2) is 0 Å². The Hall–Kier alpha value is -2.24. The van der Waals surface area contributed by atoms with Crippen LogP contribution in [0, 0.1) is 34.9 Å². The molecule has 0 radical (unpaired) electrons. The molecule has 0 N–H and O–H groups in total. The summed E-state index contributed by atoms with van der Waals surface area (Å²) in [4.78, 5) is 0. The molecule has 0 saturated carbocycles. The summed E-state index contributed by atoms with van der Waals surface area (Å²) in [6.45, 7) is 0. The van der Waals surface area contributed by atoms with Crippen molar-refractivity contribution in [2.75, 3.05) is 0 Å². The van der Waals surface area contributed by atoms with Gasteiger partial charge in [-0.2, -0.15) is 0 Å². The molecule has 0 aliphatic rings. The van der Waals surface area contributed by atoms with Gasteiger partial charge in [-0.15, -0.1) is 0 Å². The van der Waals surface area contributed by atoms with Crippen LogP contribution >= 0.6 is 0 Å². The van der Waals surface area contributed by atoms with Crippen molar-refractivity contribution in [1.82, 2.24) is 0 Å². The predicted octanol–water partition coefficient (Wildman–Crippen LogP) is 4.83. The van der Waals surface area contributed by atoms with E-state index in [0.29, 0.717) is 0 Å². The van der Waals surface area contributed by atoms with Crippen molar-refractivity contribution in [2.24, 2.45) is 0 Å². The maximum absolute atomic E-state index is 13.6. The van der Waals surface area contributed by atoms with Crippen molar-refractivity contribution in [3.05, 3.63) is 59.2 Å². The molecule has 0 atom stereocenters. The van der Waals surface area contributed by atoms with Crippen LogP contribution in [0.15, 0.2) is 24.3 Å². The van der Waals surface area contributed by atoms with E-state index in [2.05, 4.69) is 0 Å². The zero-order chi connectivity index (χ0) is 14.6. The zero-order valence-corrected chi connectivity index (χ0v) is 9.58. The Morgan fingerprint density at radius 2 is 1.05 bits per heavy atom. The van der Waals surface area contributed by atoms with Gasteiger partial charge in [0.1, 0.15) is 0 Å². The Labute approximate surface area is 108 Å². The topological polar surface area (TPSA) is 0 Å². The summed E-state index contributed by atoms with van der Waals surface area (Å²) >= 11 is 0. The maximum Gasteiger partial charge on any atom is 0.198 e. The molecule has 3 aromatic rings. The van der Waals surface area contributed by atoms with Crippen molar-refractivity contribution in [1.29, 1.82) is 0 Å². The largest absolute Gasteiger partial charge is 0.204 e. The van der Waals surface area contributed by atoms with Crippen molar-refractivity contribution in [3.63, 3.8) is 0 Å². The number of benzene rings is 3. The minimum absolute atomic E-state index is 0.0423. The second-order valence-corrected chi connectivity index (χ2v) is 4.24. The first-order valence-electron chi connectivity index (χ1n) is 5.45. The van der Waals surface area contributed by atoms with Gasteiger partial charge in [-0.3, -0.25) is 0 Å². The number of rotatable bonds is 0. The standard InChI is InChI=1S/C14H4F6/c15-9-2-1-5-3-7-8(4-6(5)10(9)16)12(18)14(20)13(19)11(7)17/h1-4H. The highest BCUT2D eigenvalue weighted by Gasteiger charge is 2.21. The average Bonchev–Trinajstić information content (AvgIpc) is 2.45. The Morgan fingerprint density at radius 3 is 1.65 bits per heavy atom. The molecule has 0 unspecified atom stereocenters. The first kappa shape index (κ1) is 12.8. The molecule has 102 valence electrons. The number of fused-ring (bicyclic) bond motifs is 2. The quantitative estimate of drug-likeness (QED) is 0.240. The van der Waals surface area contributed by atoms with Crippen LogP contribution in [0.25, 0.3) is 21.5 Å². The van der Waals surface area contributed by atoms with E-state index in [4.69, 9.17) is 0 Å². The first-order chi connectivity index (χ1) is 9.41. The summed E-state index contributed by atoms with van der Waals surface area (Å²) < 4.78 is 80.2. The van der Waals surface area contributed by atoms with Crippen LogP contribution in [0.5, 0.6) is 0 Å². The van der Waals surface area contributed by atoms with Crippen molar-refractivity contribution in [2.45, 2.75) is 0 Å². The number of hydrogen-bond donors (Lipinski definition) is 0. The highest BCUT2D eigenvalue weighted by molar-refractivity contribution is 5.99. The average molecular weight is 286 g/mol. The molecular weight excluding hydrogens is 282 g/mol. The molecule has 0 bridgehead atoms. The third-order valence-electron chi connectivity index (χ3n) is 3.10. The van der Waals surface area contributed by atoms with Gasteiger partial charge >= 0.3 is 0 Å². The van der Waals surface area contributed by atoms with E-state index in [-0.39, 0.29) is 10.8 Å². The van der Waals surface area contributed by atoms with Gasteiger partial charge in [0, 0.05) is 16.2 Å². The third kappa shape index (κ3) is 1.57. The van der Waals surface area contributed by atoms with Crippen LogP contribution in [0.3, 0.4) is 0 Å². The van der Waals surface area contributed by atoms with Gasteiger partial charge in [-0.1, -0.05) is 6.07 Å². The Morgan fingerprint density at radius 1 is 0.500 bits per heavy atom. The molecular formula is C14H4F6.